The van der Waals surface area contributed by atoms with Gasteiger partial charge < -0.3 is 14.1 Å². The van der Waals surface area contributed by atoms with Crippen LogP contribution in [0.3, 0.4) is 0 Å². The number of nitrogens with zero attached hydrogens (tertiary/aromatic N) is 4. The third kappa shape index (κ3) is 5.95. The van der Waals surface area contributed by atoms with E-state index in [1.807, 2.05) is 48.5 Å². The van der Waals surface area contributed by atoms with Crippen molar-refractivity contribution in [2.75, 3.05) is 6.61 Å². The maximum atomic E-state index is 13.5. The highest BCUT2D eigenvalue weighted by Gasteiger charge is 2.33. The fourth-order valence-electron chi connectivity index (χ4n) is 3.95. The number of benzene rings is 2. The van der Waals surface area contributed by atoms with Gasteiger partial charge in [0.25, 0.3) is 5.91 Å². The first-order valence-electron chi connectivity index (χ1n) is 12.6. The summed E-state index contributed by atoms with van der Waals surface area (Å²) < 4.78 is 20.5. The smallest absolute Gasteiger partial charge is 0.254 e. The highest BCUT2D eigenvalue weighted by Crippen LogP contribution is 2.32. The first-order chi connectivity index (χ1) is 17.7. The lowest BCUT2D eigenvalue weighted by molar-refractivity contribution is 0.0728. The summed E-state index contributed by atoms with van der Waals surface area (Å²) in [7, 11) is 0. The summed E-state index contributed by atoms with van der Waals surface area (Å²) in [5.74, 6) is 1.99. The van der Waals surface area contributed by atoms with Crippen LogP contribution in [0.1, 0.15) is 55.2 Å². The molecule has 0 saturated heterocycles. The molecule has 0 bridgehead atoms. The van der Waals surface area contributed by atoms with Gasteiger partial charge >= 0.3 is 0 Å². The molecule has 0 aliphatic heterocycles. The van der Waals surface area contributed by atoms with E-state index in [1.54, 1.807) is 23.3 Å². The molecule has 1 aliphatic carbocycles. The number of unbranched alkanes of at least 4 members (excludes halogenated alkanes) is 2. The average Bonchev–Trinajstić information content (AvgIpc) is 3.34. The number of ether oxygens (including phenoxy) is 1. The summed E-state index contributed by atoms with van der Waals surface area (Å²) in [6, 6.07) is 18.7. The van der Waals surface area contributed by atoms with Gasteiger partial charge in [-0.2, -0.15) is 5.21 Å². The van der Waals surface area contributed by atoms with E-state index in [0.29, 0.717) is 23.5 Å². The number of carbonyl (C=O) groups excluding carboxylic acids is 1. The fraction of sp³-hybridized carbons (Fsp3) is 0.333. The second-order valence-corrected chi connectivity index (χ2v) is 8.65. The molecule has 1 unspecified atom stereocenters. The van der Waals surface area contributed by atoms with Gasteiger partial charge in [-0.05, 0) is 62.4 Å². The number of rotatable bonds is 12. The van der Waals surface area contributed by atoms with Crippen LogP contribution in [0.15, 0.2) is 71.3 Å². The number of aromatic nitrogens is 4. The van der Waals surface area contributed by atoms with Crippen LogP contribution in [-0.2, 0) is 12.9 Å². The molecule has 0 spiro atoms. The Morgan fingerprint density at radius 3 is 2.69 bits per heavy atom. The highest BCUT2D eigenvalue weighted by atomic mass is 16.5. The summed E-state index contributed by atoms with van der Waals surface area (Å²) in [5.41, 5.74) is 2.18. The molecule has 2 aromatic carbocycles. The van der Waals surface area contributed by atoms with E-state index in [1.165, 1.54) is 0 Å². The number of tetrazole rings is 1. The van der Waals surface area contributed by atoms with Crippen molar-refractivity contribution in [3.63, 3.8) is 0 Å². The Labute approximate surface area is 205 Å². The van der Waals surface area contributed by atoms with Crippen LogP contribution in [0.5, 0.6) is 5.75 Å². The van der Waals surface area contributed by atoms with Crippen LogP contribution in [-0.4, -0.2) is 44.1 Å². The fourth-order valence-corrected chi connectivity index (χ4v) is 3.95. The third-order valence-electron chi connectivity index (χ3n) is 6.00. The van der Waals surface area contributed by atoms with Gasteiger partial charge in [0.1, 0.15) is 11.5 Å². The lowest BCUT2D eigenvalue weighted by Gasteiger charge is -2.24. The minimum absolute atomic E-state index is 0.0722. The second kappa shape index (κ2) is 11.0. The van der Waals surface area contributed by atoms with Gasteiger partial charge in [-0.1, -0.05) is 35.5 Å². The summed E-state index contributed by atoms with van der Waals surface area (Å²) in [4.78, 5) is 15.2. The molecule has 8 heteroatoms. The van der Waals surface area contributed by atoms with Crippen molar-refractivity contribution in [3.8, 4) is 17.1 Å². The second-order valence-electron chi connectivity index (χ2n) is 8.65. The molecule has 4 aromatic rings. The summed E-state index contributed by atoms with van der Waals surface area (Å²) >= 11 is 0. The third-order valence-corrected chi connectivity index (χ3v) is 6.00. The molecule has 5 rings (SSSR count). The van der Waals surface area contributed by atoms with E-state index in [9.17, 15) is 4.79 Å². The van der Waals surface area contributed by atoms with E-state index in [2.05, 4.69) is 20.6 Å². The van der Waals surface area contributed by atoms with Crippen LogP contribution >= 0.6 is 0 Å². The molecule has 2 aromatic heterocycles. The minimum atomic E-state index is -0.843. The topological polar surface area (TPSA) is 97.1 Å². The van der Waals surface area contributed by atoms with Crippen molar-refractivity contribution in [1.29, 1.82) is 0 Å². The lowest BCUT2D eigenvalue weighted by atomic mass is 10.1. The van der Waals surface area contributed by atoms with Crippen molar-refractivity contribution in [1.82, 2.24) is 25.5 Å². The van der Waals surface area contributed by atoms with Gasteiger partial charge in [0.15, 0.2) is 5.82 Å². The van der Waals surface area contributed by atoms with Gasteiger partial charge in [-0.15, -0.1) is 10.2 Å². The van der Waals surface area contributed by atoms with Crippen LogP contribution in [0.4, 0.5) is 0 Å². The van der Waals surface area contributed by atoms with Gasteiger partial charge in [0, 0.05) is 35.7 Å². The number of aromatic amines is 1. The maximum absolute atomic E-state index is 13.5. The van der Waals surface area contributed by atoms with Crippen molar-refractivity contribution in [2.24, 2.45) is 0 Å². The number of aryl methyl sites for hydroxylation is 1. The number of hydrogen-bond donors (Lipinski definition) is 1. The molecule has 180 valence electrons. The Morgan fingerprint density at radius 1 is 1.09 bits per heavy atom. The molecular weight excluding hydrogens is 442 g/mol. The quantitative estimate of drug-likeness (QED) is 0.290. The number of amides is 1. The van der Waals surface area contributed by atoms with Crippen LogP contribution in [0.2, 0.25) is 0 Å². The predicted molar refractivity (Wildman–Crippen MR) is 131 cm³/mol. The van der Waals surface area contributed by atoms with Crippen molar-refractivity contribution in [2.45, 2.75) is 51.1 Å². The molecule has 35 heavy (non-hydrogen) atoms. The summed E-state index contributed by atoms with van der Waals surface area (Å²) in [6.07, 6.45) is 7.04. The normalized spacial score (nSPS) is 14.3. The number of H-pyrrole nitrogens is 1. The molecule has 0 radical (unpaired) electrons. The number of furan rings is 1. The van der Waals surface area contributed by atoms with Crippen LogP contribution < -0.4 is 4.74 Å². The van der Waals surface area contributed by atoms with E-state index < -0.39 is 6.52 Å². The predicted octanol–water partition coefficient (Wildman–Crippen LogP) is 5.06. The molecule has 1 atom stereocenters. The lowest BCUT2D eigenvalue weighted by Crippen LogP contribution is -2.32. The Morgan fingerprint density at radius 2 is 1.94 bits per heavy atom. The number of nitrogens with one attached hydrogen (secondary N) is 1. The maximum Gasteiger partial charge on any atom is 0.254 e. The molecular formula is C27H29N5O3. The zero-order valence-electron chi connectivity index (χ0n) is 20.5. The average molecular weight is 473 g/mol. The van der Waals surface area contributed by atoms with Gasteiger partial charge in [-0.3, -0.25) is 4.79 Å². The number of para-hydroxylation sites is 1. The van der Waals surface area contributed by atoms with Crippen LogP contribution in [0.25, 0.3) is 11.3 Å². The number of hydrogen-bond acceptors (Lipinski definition) is 6. The number of carbonyl (C=O) groups is 1. The molecule has 8 nitrogen and oxygen atoms in total. The molecule has 1 aliphatic rings. The van der Waals surface area contributed by atoms with Gasteiger partial charge in [-0.25, -0.2) is 0 Å². The molecule has 1 saturated carbocycles. The Hall–Kier alpha value is -3.94. The monoisotopic (exact) mass is 472 g/mol. The molecule has 1 amide bonds. The van der Waals surface area contributed by atoms with E-state index >= 15 is 0 Å². The molecule has 1 fully saturated rings. The van der Waals surface area contributed by atoms with Crippen molar-refractivity contribution < 1.29 is 15.3 Å². The Balaban J connectivity index is 1.22. The Bertz CT molecular complexity index is 1240. The minimum Gasteiger partial charge on any atom is -0.493 e. The van der Waals surface area contributed by atoms with Crippen molar-refractivity contribution >= 4 is 5.91 Å². The molecule has 1 N–H and O–H groups in total. The first kappa shape index (κ1) is 21.6. The largest absolute Gasteiger partial charge is 0.493 e. The SMILES string of the molecule is [2H]C(c1ccccc1OCCCCCc1nn[nH]n1)N(C(=O)c1ccc(-c2ccco2)cc1)C1CC1. The Kier molecular flexibility index (Phi) is 6.78. The van der Waals surface area contributed by atoms with Crippen LogP contribution in [0, 0.1) is 0 Å². The van der Waals surface area contributed by atoms with Gasteiger partial charge in [0.2, 0.25) is 0 Å². The zero-order valence-corrected chi connectivity index (χ0v) is 19.5. The van der Waals surface area contributed by atoms with E-state index in [4.69, 9.17) is 10.5 Å². The standard InChI is InChI=1S/C27H29N5O3/c33-27(21-13-11-20(12-14-21)24-9-6-18-35-24)32(23-15-16-23)19-22-7-3-4-8-25(22)34-17-5-1-2-10-26-28-30-31-29-26/h3-4,6-9,11-14,18,23H,1-2,5,10,15-17,19H2,(H,28,29,30,31)/i19D. The first-order valence-corrected chi connectivity index (χ1v) is 12.0. The van der Waals surface area contributed by atoms with Crippen molar-refractivity contribution in [3.05, 3.63) is 83.9 Å². The van der Waals surface area contributed by atoms with E-state index in [-0.39, 0.29) is 11.9 Å². The highest BCUT2D eigenvalue weighted by molar-refractivity contribution is 5.95. The van der Waals surface area contributed by atoms with Gasteiger partial charge in [0.05, 0.1) is 14.2 Å². The molecule has 2 heterocycles. The summed E-state index contributed by atoms with van der Waals surface area (Å²) in [5, 5.41) is 14.0. The van der Waals surface area contributed by atoms with E-state index in [0.717, 1.165) is 55.7 Å². The summed E-state index contributed by atoms with van der Waals surface area (Å²) in [6.45, 7) is -0.300. The zero-order chi connectivity index (χ0) is 24.7.